The molecule has 0 amide bonds. The van der Waals surface area contributed by atoms with E-state index in [1.54, 1.807) is 6.92 Å². The molecule has 0 rings (SSSR count). The second-order valence-corrected chi connectivity index (χ2v) is 4.96. The quantitative estimate of drug-likeness (QED) is 0.696. The van der Waals surface area contributed by atoms with Crippen molar-refractivity contribution in [2.75, 3.05) is 6.26 Å². The van der Waals surface area contributed by atoms with Crippen LogP contribution in [0.5, 0.6) is 0 Å². The van der Waals surface area contributed by atoms with E-state index in [4.69, 9.17) is 5.11 Å². The fourth-order valence-corrected chi connectivity index (χ4v) is 1.67. The van der Waals surface area contributed by atoms with Crippen LogP contribution in [0.25, 0.3) is 0 Å². The zero-order valence-electron chi connectivity index (χ0n) is 8.94. The summed E-state index contributed by atoms with van der Waals surface area (Å²) in [4.78, 5) is 10.3. The van der Waals surface area contributed by atoms with Gasteiger partial charge < -0.3 is 5.11 Å². The Kier molecular flexibility index (Phi) is 5.27. The summed E-state index contributed by atoms with van der Waals surface area (Å²) in [6, 6.07) is 0. The van der Waals surface area contributed by atoms with E-state index in [1.807, 2.05) is 0 Å². The highest BCUT2D eigenvalue weighted by atomic mass is 32.2. The fraction of sp³-hybridized carbons (Fsp3) is 0.875. The average molecular weight is 260 g/mol. The summed E-state index contributed by atoms with van der Waals surface area (Å²) in [6.45, 7) is 1.70. The first-order valence-electron chi connectivity index (χ1n) is 4.60. The maximum Gasteiger partial charge on any atom is 0.377 e. The van der Waals surface area contributed by atoms with E-state index in [9.17, 15) is 22.0 Å². The van der Waals surface area contributed by atoms with Gasteiger partial charge in [0, 0.05) is 0 Å². The van der Waals surface area contributed by atoms with Crippen molar-refractivity contribution in [3.63, 3.8) is 0 Å². The molecule has 0 saturated heterocycles. The van der Waals surface area contributed by atoms with E-state index in [0.717, 1.165) is 0 Å². The van der Waals surface area contributed by atoms with Crippen molar-refractivity contribution >= 4 is 16.1 Å². The summed E-state index contributed by atoms with van der Waals surface area (Å²) in [5.41, 5.74) is 0. The first kappa shape index (κ1) is 15.2. The first-order chi connectivity index (χ1) is 7.11. The molecule has 8 heteroatoms. The second kappa shape index (κ2) is 5.53. The maximum atomic E-state index is 13.1. The molecular formula is C8H14F2O5S. The van der Waals surface area contributed by atoms with Gasteiger partial charge in [0.05, 0.1) is 6.26 Å². The standard InChI is InChI=1S/C8H14F2O5S/c1-3-4-5-6(15-16(2,13)14)8(9,10)7(11)12/h6H,3-5H2,1-2H3,(H,11,12). The third-order valence-electron chi connectivity index (χ3n) is 1.80. The Balaban J connectivity index is 4.86. The Labute approximate surface area is 92.5 Å². The van der Waals surface area contributed by atoms with Crippen LogP contribution in [0, 0.1) is 0 Å². The third kappa shape index (κ3) is 4.84. The number of unbranched alkanes of at least 4 members (excludes halogenated alkanes) is 1. The van der Waals surface area contributed by atoms with Gasteiger partial charge in [-0.1, -0.05) is 19.8 Å². The fourth-order valence-electron chi connectivity index (χ4n) is 1.03. The highest BCUT2D eigenvalue weighted by Crippen LogP contribution is 2.27. The molecule has 0 fully saturated rings. The van der Waals surface area contributed by atoms with Gasteiger partial charge in [-0.3, -0.25) is 4.18 Å². The molecule has 1 N–H and O–H groups in total. The van der Waals surface area contributed by atoms with Crippen LogP contribution in [0.4, 0.5) is 8.78 Å². The van der Waals surface area contributed by atoms with Crippen LogP contribution in [0.15, 0.2) is 0 Å². The molecule has 0 bridgehead atoms. The van der Waals surface area contributed by atoms with Crippen molar-refractivity contribution in [3.05, 3.63) is 0 Å². The number of hydrogen-bond acceptors (Lipinski definition) is 4. The van der Waals surface area contributed by atoms with Crippen molar-refractivity contribution in [2.45, 2.75) is 38.2 Å². The highest BCUT2D eigenvalue weighted by Gasteiger charge is 2.49. The van der Waals surface area contributed by atoms with E-state index >= 15 is 0 Å². The van der Waals surface area contributed by atoms with Crippen LogP contribution in [-0.4, -0.2) is 37.8 Å². The van der Waals surface area contributed by atoms with E-state index in [1.165, 1.54) is 0 Å². The van der Waals surface area contributed by atoms with Crippen LogP contribution in [-0.2, 0) is 19.1 Å². The molecule has 0 radical (unpaired) electrons. The van der Waals surface area contributed by atoms with Crippen LogP contribution >= 0.6 is 0 Å². The molecule has 0 aliphatic carbocycles. The Morgan fingerprint density at radius 3 is 2.31 bits per heavy atom. The molecule has 0 saturated carbocycles. The van der Waals surface area contributed by atoms with Crippen LogP contribution in [0.1, 0.15) is 26.2 Å². The van der Waals surface area contributed by atoms with Gasteiger partial charge in [0.25, 0.3) is 10.1 Å². The molecular weight excluding hydrogens is 246 g/mol. The number of halogens is 2. The molecule has 0 aliphatic rings. The molecule has 1 unspecified atom stereocenters. The second-order valence-electron chi connectivity index (χ2n) is 3.36. The van der Waals surface area contributed by atoms with Crippen molar-refractivity contribution in [1.29, 1.82) is 0 Å². The van der Waals surface area contributed by atoms with Crippen molar-refractivity contribution in [1.82, 2.24) is 0 Å². The number of carbonyl (C=O) groups is 1. The first-order valence-corrected chi connectivity index (χ1v) is 6.42. The largest absolute Gasteiger partial charge is 0.477 e. The van der Waals surface area contributed by atoms with Crippen molar-refractivity contribution in [3.8, 4) is 0 Å². The molecule has 0 aromatic carbocycles. The number of carboxylic acid groups (broad SMARTS) is 1. The van der Waals surface area contributed by atoms with Gasteiger partial charge in [-0.15, -0.1) is 0 Å². The molecule has 96 valence electrons. The van der Waals surface area contributed by atoms with E-state index in [0.29, 0.717) is 12.7 Å². The molecule has 16 heavy (non-hydrogen) atoms. The molecule has 1 atom stereocenters. The predicted molar refractivity (Wildman–Crippen MR) is 51.8 cm³/mol. The number of alkyl halides is 2. The lowest BCUT2D eigenvalue weighted by Crippen LogP contribution is -2.44. The Bertz CT molecular complexity index is 338. The van der Waals surface area contributed by atoms with Crippen LogP contribution in [0.3, 0.4) is 0 Å². The number of rotatable bonds is 7. The van der Waals surface area contributed by atoms with Gasteiger partial charge in [0.15, 0.2) is 6.10 Å². The van der Waals surface area contributed by atoms with Gasteiger partial charge in [-0.25, -0.2) is 4.79 Å². The zero-order valence-corrected chi connectivity index (χ0v) is 9.76. The molecule has 0 aromatic heterocycles. The third-order valence-corrected chi connectivity index (χ3v) is 2.38. The minimum absolute atomic E-state index is 0.253. The van der Waals surface area contributed by atoms with Crippen LogP contribution in [0.2, 0.25) is 0 Å². The highest BCUT2D eigenvalue weighted by molar-refractivity contribution is 7.86. The Morgan fingerprint density at radius 1 is 1.50 bits per heavy atom. The summed E-state index contributed by atoms with van der Waals surface area (Å²) < 4.78 is 51.7. The minimum Gasteiger partial charge on any atom is -0.477 e. The lowest BCUT2D eigenvalue weighted by molar-refractivity contribution is -0.179. The normalized spacial score (nSPS) is 14.8. The van der Waals surface area contributed by atoms with Gasteiger partial charge in [0.2, 0.25) is 0 Å². The average Bonchev–Trinajstić information content (AvgIpc) is 2.09. The Morgan fingerprint density at radius 2 is 2.00 bits per heavy atom. The summed E-state index contributed by atoms with van der Waals surface area (Å²) >= 11 is 0. The molecule has 0 heterocycles. The Hall–Kier alpha value is -0.760. The monoisotopic (exact) mass is 260 g/mol. The zero-order chi connectivity index (χ0) is 13.0. The van der Waals surface area contributed by atoms with Crippen molar-refractivity contribution in [2.24, 2.45) is 0 Å². The number of aliphatic carboxylic acids is 1. The molecule has 5 nitrogen and oxygen atoms in total. The number of carboxylic acids is 1. The summed E-state index contributed by atoms with van der Waals surface area (Å²) in [5, 5.41) is 8.28. The van der Waals surface area contributed by atoms with E-state index in [2.05, 4.69) is 4.18 Å². The van der Waals surface area contributed by atoms with Crippen LogP contribution < -0.4 is 0 Å². The van der Waals surface area contributed by atoms with Gasteiger partial charge >= 0.3 is 11.9 Å². The summed E-state index contributed by atoms with van der Waals surface area (Å²) in [5.74, 6) is -6.60. The summed E-state index contributed by atoms with van der Waals surface area (Å²) in [7, 11) is -4.11. The topological polar surface area (TPSA) is 80.7 Å². The van der Waals surface area contributed by atoms with Gasteiger partial charge in [-0.2, -0.15) is 17.2 Å². The van der Waals surface area contributed by atoms with E-state index < -0.39 is 28.1 Å². The lowest BCUT2D eigenvalue weighted by atomic mass is 10.1. The maximum absolute atomic E-state index is 13.1. The number of hydrogen-bond donors (Lipinski definition) is 1. The SMILES string of the molecule is CCCCC(OS(C)(=O)=O)C(F)(F)C(=O)O. The van der Waals surface area contributed by atoms with Gasteiger partial charge in [-0.05, 0) is 6.42 Å². The van der Waals surface area contributed by atoms with Gasteiger partial charge in [0.1, 0.15) is 0 Å². The molecule has 0 aromatic rings. The smallest absolute Gasteiger partial charge is 0.377 e. The van der Waals surface area contributed by atoms with E-state index in [-0.39, 0.29) is 12.8 Å². The summed E-state index contributed by atoms with van der Waals surface area (Å²) in [6.07, 6.45) is -1.10. The predicted octanol–water partition coefficient (Wildman–Crippen LogP) is 1.24. The van der Waals surface area contributed by atoms with Crippen molar-refractivity contribution < 1.29 is 31.3 Å². The minimum atomic E-state index is -4.21. The lowest BCUT2D eigenvalue weighted by Gasteiger charge is -2.22. The molecule has 0 spiro atoms. The molecule has 0 aliphatic heterocycles.